The number of rotatable bonds is 5. The third-order valence-corrected chi connectivity index (χ3v) is 4.62. The molecule has 0 radical (unpaired) electrons. The quantitative estimate of drug-likeness (QED) is 0.887. The molecule has 2 heterocycles. The Morgan fingerprint density at radius 1 is 1.24 bits per heavy atom. The van der Waals surface area contributed by atoms with Gasteiger partial charge in [-0.15, -0.1) is 0 Å². The number of hydrogen-bond donors (Lipinski definition) is 1. The monoisotopic (exact) mass is 346 g/mol. The second kappa shape index (κ2) is 7.93. The number of aromatic nitrogens is 2. The van der Waals surface area contributed by atoms with Crippen LogP contribution in [-0.2, 0) is 11.2 Å². The molecular formula is C19H30N4O2. The van der Waals surface area contributed by atoms with Gasteiger partial charge in [0.05, 0.1) is 6.04 Å². The molecule has 1 fully saturated rings. The number of likely N-dealkylation sites (tertiary alicyclic amines) is 1. The van der Waals surface area contributed by atoms with Crippen molar-refractivity contribution in [2.75, 3.05) is 13.1 Å². The Kier molecular flexibility index (Phi) is 6.14. The molecule has 1 aliphatic rings. The van der Waals surface area contributed by atoms with Gasteiger partial charge in [-0.25, -0.2) is 9.97 Å². The molecular weight excluding hydrogens is 316 g/mol. The van der Waals surface area contributed by atoms with Crippen molar-refractivity contribution >= 4 is 11.8 Å². The van der Waals surface area contributed by atoms with E-state index in [1.54, 1.807) is 0 Å². The van der Waals surface area contributed by atoms with E-state index in [-0.39, 0.29) is 23.8 Å². The first-order valence-corrected chi connectivity index (χ1v) is 9.08. The van der Waals surface area contributed by atoms with Crippen molar-refractivity contribution in [2.45, 2.75) is 54.0 Å². The minimum atomic E-state index is -0.0750. The highest BCUT2D eigenvalue weighted by Gasteiger charge is 2.38. The van der Waals surface area contributed by atoms with E-state index in [9.17, 15) is 9.59 Å². The highest BCUT2D eigenvalue weighted by atomic mass is 16.2. The Morgan fingerprint density at radius 3 is 2.48 bits per heavy atom. The molecule has 25 heavy (non-hydrogen) atoms. The van der Waals surface area contributed by atoms with Crippen LogP contribution in [-0.4, -0.2) is 45.8 Å². The highest BCUT2D eigenvalue weighted by Crippen LogP contribution is 2.25. The van der Waals surface area contributed by atoms with Crippen molar-refractivity contribution < 1.29 is 9.59 Å². The Bertz CT molecular complexity index is 642. The van der Waals surface area contributed by atoms with Crippen LogP contribution in [0.5, 0.6) is 0 Å². The predicted octanol–water partition coefficient (Wildman–Crippen LogP) is 2.22. The third kappa shape index (κ3) is 5.00. The Labute approximate surface area is 150 Å². The lowest BCUT2D eigenvalue weighted by Gasteiger charge is -2.21. The fourth-order valence-corrected chi connectivity index (χ4v) is 3.51. The number of aryl methyl sites for hydroxylation is 1. The first-order valence-electron chi connectivity index (χ1n) is 9.08. The zero-order valence-corrected chi connectivity index (χ0v) is 16.2. The van der Waals surface area contributed by atoms with Gasteiger partial charge in [0, 0.05) is 31.6 Å². The lowest BCUT2D eigenvalue weighted by atomic mass is 9.91. The van der Waals surface area contributed by atoms with E-state index in [1.165, 1.54) is 6.92 Å². The van der Waals surface area contributed by atoms with Crippen LogP contribution in [0, 0.1) is 24.7 Å². The first kappa shape index (κ1) is 19.3. The summed E-state index contributed by atoms with van der Waals surface area (Å²) in [5.41, 5.74) is 1.36. The molecule has 1 aliphatic heterocycles. The molecule has 1 aromatic rings. The highest BCUT2D eigenvalue weighted by molar-refractivity contribution is 5.92. The maximum atomic E-state index is 13.0. The number of carbonyl (C=O) groups excluding carboxylic acids is 2. The van der Waals surface area contributed by atoms with E-state index < -0.39 is 0 Å². The number of carbonyl (C=O) groups is 2. The van der Waals surface area contributed by atoms with Crippen LogP contribution in [0.15, 0.2) is 6.07 Å². The summed E-state index contributed by atoms with van der Waals surface area (Å²) in [6.07, 6.45) is 0.826. The lowest BCUT2D eigenvalue weighted by Crippen LogP contribution is -2.41. The Hall–Kier alpha value is -1.98. The molecule has 1 N–H and O–H groups in total. The van der Waals surface area contributed by atoms with Gasteiger partial charge in [-0.05, 0) is 31.2 Å². The molecule has 2 atom stereocenters. The fourth-order valence-electron chi connectivity index (χ4n) is 3.51. The summed E-state index contributed by atoms with van der Waals surface area (Å²) in [6, 6.07) is 1.81. The van der Waals surface area contributed by atoms with Crippen molar-refractivity contribution in [3.05, 3.63) is 23.3 Å². The van der Waals surface area contributed by atoms with Gasteiger partial charge >= 0.3 is 0 Å². The van der Waals surface area contributed by atoms with Crippen molar-refractivity contribution in [3.8, 4) is 0 Å². The summed E-state index contributed by atoms with van der Waals surface area (Å²) in [5.74, 6) is 1.61. The van der Waals surface area contributed by atoms with Gasteiger partial charge in [0.2, 0.25) is 5.91 Å². The van der Waals surface area contributed by atoms with Crippen LogP contribution in [0.3, 0.4) is 0 Å². The second-order valence-corrected chi connectivity index (χ2v) is 7.81. The number of amides is 2. The van der Waals surface area contributed by atoms with Gasteiger partial charge in [0.1, 0.15) is 11.5 Å². The lowest BCUT2D eigenvalue weighted by molar-refractivity contribution is -0.119. The average Bonchev–Trinajstić information content (AvgIpc) is 2.88. The van der Waals surface area contributed by atoms with Crippen LogP contribution in [0.4, 0.5) is 0 Å². The molecule has 2 amide bonds. The smallest absolute Gasteiger partial charge is 0.272 e. The van der Waals surface area contributed by atoms with E-state index in [0.717, 1.165) is 12.1 Å². The van der Waals surface area contributed by atoms with Crippen LogP contribution in [0.1, 0.15) is 56.6 Å². The standard InChI is InChI=1S/C19H30N4O2/c1-11(2)7-15-8-17(21-13(5)20-15)19(25)23-9-16(12(3)4)18(10-23)22-14(6)24/h8,11-12,16,18H,7,9-10H2,1-6H3,(H,22,24)/t16-,18+/m0/s1. The van der Waals surface area contributed by atoms with E-state index in [2.05, 4.69) is 43.0 Å². The summed E-state index contributed by atoms with van der Waals surface area (Å²) in [6.45, 7) is 13.0. The SMILES string of the molecule is CC(=O)N[C@@H]1CN(C(=O)c2cc(CC(C)C)nc(C)n2)C[C@H]1C(C)C. The fraction of sp³-hybridized carbons (Fsp3) is 0.684. The maximum absolute atomic E-state index is 13.0. The topological polar surface area (TPSA) is 75.2 Å². The number of nitrogens with one attached hydrogen (secondary N) is 1. The normalized spacial score (nSPS) is 20.4. The summed E-state index contributed by atoms with van der Waals surface area (Å²) in [7, 11) is 0. The van der Waals surface area contributed by atoms with Crippen LogP contribution >= 0.6 is 0 Å². The predicted molar refractivity (Wildman–Crippen MR) is 97.1 cm³/mol. The molecule has 0 unspecified atom stereocenters. The number of nitrogens with zero attached hydrogens (tertiary/aromatic N) is 3. The molecule has 0 bridgehead atoms. The third-order valence-electron chi connectivity index (χ3n) is 4.62. The first-order chi connectivity index (χ1) is 11.7. The molecule has 2 rings (SSSR count). The van der Waals surface area contributed by atoms with Gasteiger partial charge in [0.15, 0.2) is 0 Å². The molecule has 1 aromatic heterocycles. The molecule has 0 aromatic carbocycles. The van der Waals surface area contributed by atoms with Gasteiger partial charge in [-0.3, -0.25) is 9.59 Å². The Balaban J connectivity index is 2.20. The maximum Gasteiger partial charge on any atom is 0.272 e. The molecule has 6 nitrogen and oxygen atoms in total. The van der Waals surface area contributed by atoms with E-state index in [0.29, 0.717) is 36.4 Å². The minimum absolute atomic E-state index is 0.000446. The van der Waals surface area contributed by atoms with Crippen LogP contribution < -0.4 is 5.32 Å². The van der Waals surface area contributed by atoms with Crippen molar-refractivity contribution in [1.82, 2.24) is 20.2 Å². The van der Waals surface area contributed by atoms with E-state index in [1.807, 2.05) is 17.9 Å². The molecule has 0 spiro atoms. The van der Waals surface area contributed by atoms with Crippen LogP contribution in [0.25, 0.3) is 0 Å². The zero-order chi connectivity index (χ0) is 18.7. The van der Waals surface area contributed by atoms with E-state index >= 15 is 0 Å². The molecule has 1 saturated heterocycles. The van der Waals surface area contributed by atoms with Gasteiger partial charge in [0.25, 0.3) is 5.91 Å². The summed E-state index contributed by atoms with van der Waals surface area (Å²) in [5, 5.41) is 2.99. The number of hydrogen-bond acceptors (Lipinski definition) is 4. The van der Waals surface area contributed by atoms with Crippen molar-refractivity contribution in [3.63, 3.8) is 0 Å². The van der Waals surface area contributed by atoms with Crippen molar-refractivity contribution in [1.29, 1.82) is 0 Å². The van der Waals surface area contributed by atoms with Crippen LogP contribution in [0.2, 0.25) is 0 Å². The zero-order valence-electron chi connectivity index (χ0n) is 16.2. The summed E-state index contributed by atoms with van der Waals surface area (Å²) < 4.78 is 0. The second-order valence-electron chi connectivity index (χ2n) is 7.81. The molecule has 6 heteroatoms. The summed E-state index contributed by atoms with van der Waals surface area (Å²) >= 11 is 0. The molecule has 0 aliphatic carbocycles. The minimum Gasteiger partial charge on any atom is -0.351 e. The average molecular weight is 346 g/mol. The van der Waals surface area contributed by atoms with Gasteiger partial charge in [-0.1, -0.05) is 27.7 Å². The van der Waals surface area contributed by atoms with Crippen molar-refractivity contribution in [2.24, 2.45) is 17.8 Å². The Morgan fingerprint density at radius 2 is 1.92 bits per heavy atom. The summed E-state index contributed by atoms with van der Waals surface area (Å²) in [4.78, 5) is 35.0. The van der Waals surface area contributed by atoms with Gasteiger partial charge in [-0.2, -0.15) is 0 Å². The van der Waals surface area contributed by atoms with Gasteiger partial charge < -0.3 is 10.2 Å². The molecule has 138 valence electrons. The molecule has 0 saturated carbocycles. The largest absolute Gasteiger partial charge is 0.351 e. The van der Waals surface area contributed by atoms with E-state index in [4.69, 9.17) is 0 Å².